The zero-order chi connectivity index (χ0) is 15.4. The Morgan fingerprint density at radius 3 is 2.27 bits per heavy atom. The third-order valence-corrected chi connectivity index (χ3v) is 4.76. The molecule has 0 N–H and O–H groups in total. The van der Waals surface area contributed by atoms with Gasteiger partial charge < -0.3 is 4.74 Å². The predicted octanol–water partition coefficient (Wildman–Crippen LogP) is 6.12. The minimum Gasteiger partial charge on any atom is -0.488 e. The maximum Gasteiger partial charge on any atom is 0.122 e. The molecule has 3 aromatic rings. The van der Waals surface area contributed by atoms with Gasteiger partial charge in [-0.25, -0.2) is 0 Å². The van der Waals surface area contributed by atoms with E-state index in [1.807, 2.05) is 30.3 Å². The molecule has 2 heteroatoms. The van der Waals surface area contributed by atoms with E-state index in [1.54, 1.807) is 11.3 Å². The van der Waals surface area contributed by atoms with E-state index < -0.39 is 0 Å². The van der Waals surface area contributed by atoms with Gasteiger partial charge in [-0.3, -0.25) is 0 Å². The molecule has 0 radical (unpaired) electrons. The number of hydrogen-bond acceptors (Lipinski definition) is 2. The Hall–Kier alpha value is -2.06. The summed E-state index contributed by atoms with van der Waals surface area (Å²) in [5.74, 6) is 1.49. The maximum atomic E-state index is 5.80. The van der Waals surface area contributed by atoms with Crippen LogP contribution in [0.25, 0.3) is 10.4 Å². The van der Waals surface area contributed by atoms with Gasteiger partial charge in [-0.05, 0) is 41.3 Å². The number of thiophene rings is 1. The fraction of sp³-hybridized carbons (Fsp3) is 0.200. The summed E-state index contributed by atoms with van der Waals surface area (Å²) in [6.07, 6.45) is 0. The van der Waals surface area contributed by atoms with E-state index in [2.05, 4.69) is 50.2 Å². The van der Waals surface area contributed by atoms with Crippen LogP contribution in [0.3, 0.4) is 0 Å². The summed E-state index contributed by atoms with van der Waals surface area (Å²) >= 11 is 1.79. The Morgan fingerprint density at radius 2 is 1.59 bits per heavy atom. The van der Waals surface area contributed by atoms with Crippen molar-refractivity contribution < 1.29 is 4.74 Å². The smallest absolute Gasteiger partial charge is 0.122 e. The standard InChI is InChI=1S/C20H20OS/c1-15(2)16-8-10-17(11-9-16)20-13-12-19(22-20)14-21-18-6-4-3-5-7-18/h3-13,15H,14H2,1-2H3. The highest BCUT2D eigenvalue weighted by molar-refractivity contribution is 7.15. The Morgan fingerprint density at radius 1 is 0.864 bits per heavy atom. The summed E-state index contributed by atoms with van der Waals surface area (Å²) in [6, 6.07) is 23.1. The highest BCUT2D eigenvalue weighted by atomic mass is 32.1. The van der Waals surface area contributed by atoms with Crippen LogP contribution in [-0.4, -0.2) is 0 Å². The normalized spacial score (nSPS) is 10.9. The lowest BCUT2D eigenvalue weighted by Gasteiger charge is -2.06. The van der Waals surface area contributed by atoms with Crippen molar-refractivity contribution in [2.75, 3.05) is 0 Å². The molecule has 0 saturated carbocycles. The van der Waals surface area contributed by atoms with Crippen LogP contribution >= 0.6 is 11.3 Å². The first-order valence-electron chi connectivity index (χ1n) is 7.59. The van der Waals surface area contributed by atoms with Crippen molar-refractivity contribution in [1.82, 2.24) is 0 Å². The topological polar surface area (TPSA) is 9.23 Å². The van der Waals surface area contributed by atoms with Gasteiger partial charge in [0, 0.05) is 9.75 Å². The molecule has 112 valence electrons. The molecule has 1 nitrogen and oxygen atoms in total. The van der Waals surface area contributed by atoms with E-state index in [9.17, 15) is 0 Å². The highest BCUT2D eigenvalue weighted by Crippen LogP contribution is 2.30. The molecular weight excluding hydrogens is 288 g/mol. The van der Waals surface area contributed by atoms with Crippen molar-refractivity contribution in [2.24, 2.45) is 0 Å². The Labute approximate surface area is 136 Å². The monoisotopic (exact) mass is 308 g/mol. The van der Waals surface area contributed by atoms with Crippen molar-refractivity contribution in [3.63, 3.8) is 0 Å². The van der Waals surface area contributed by atoms with E-state index in [0.717, 1.165) is 5.75 Å². The lowest BCUT2D eigenvalue weighted by atomic mass is 10.0. The second-order valence-electron chi connectivity index (χ2n) is 5.64. The molecule has 2 aromatic carbocycles. The zero-order valence-corrected chi connectivity index (χ0v) is 13.8. The lowest BCUT2D eigenvalue weighted by Crippen LogP contribution is -1.91. The summed E-state index contributed by atoms with van der Waals surface area (Å²) in [5.41, 5.74) is 2.66. The van der Waals surface area contributed by atoms with Crippen LogP contribution in [0.2, 0.25) is 0 Å². The summed E-state index contributed by atoms with van der Waals surface area (Å²) in [7, 11) is 0. The van der Waals surface area contributed by atoms with Crippen molar-refractivity contribution in [1.29, 1.82) is 0 Å². The number of hydrogen-bond donors (Lipinski definition) is 0. The van der Waals surface area contributed by atoms with Crippen LogP contribution in [-0.2, 0) is 6.61 Å². The molecule has 1 aromatic heterocycles. The van der Waals surface area contributed by atoms with Crippen molar-refractivity contribution >= 4 is 11.3 Å². The van der Waals surface area contributed by atoms with Gasteiger partial charge in [-0.15, -0.1) is 11.3 Å². The van der Waals surface area contributed by atoms with Gasteiger partial charge in [-0.2, -0.15) is 0 Å². The molecule has 0 aliphatic heterocycles. The van der Waals surface area contributed by atoms with Gasteiger partial charge in [0.05, 0.1) is 0 Å². The van der Waals surface area contributed by atoms with Crippen LogP contribution in [0.5, 0.6) is 5.75 Å². The molecule has 3 rings (SSSR count). The SMILES string of the molecule is CC(C)c1ccc(-c2ccc(COc3ccccc3)s2)cc1. The molecule has 22 heavy (non-hydrogen) atoms. The molecule has 0 spiro atoms. The zero-order valence-electron chi connectivity index (χ0n) is 13.0. The fourth-order valence-corrected chi connectivity index (χ4v) is 3.24. The predicted molar refractivity (Wildman–Crippen MR) is 94.6 cm³/mol. The number of rotatable bonds is 5. The molecule has 0 atom stereocenters. The number of para-hydroxylation sites is 1. The summed E-state index contributed by atoms with van der Waals surface area (Å²) < 4.78 is 5.80. The Balaban J connectivity index is 1.68. The largest absolute Gasteiger partial charge is 0.488 e. The highest BCUT2D eigenvalue weighted by Gasteiger charge is 2.05. The van der Waals surface area contributed by atoms with Crippen molar-refractivity contribution in [3.8, 4) is 16.2 Å². The van der Waals surface area contributed by atoms with E-state index in [-0.39, 0.29) is 0 Å². The Bertz CT molecular complexity index is 711. The summed E-state index contributed by atoms with van der Waals surface area (Å²) in [4.78, 5) is 2.54. The van der Waals surface area contributed by atoms with Gasteiger partial charge in [0.25, 0.3) is 0 Å². The van der Waals surface area contributed by atoms with Gasteiger partial charge in [-0.1, -0.05) is 56.3 Å². The third-order valence-electron chi connectivity index (χ3n) is 3.65. The molecule has 0 fully saturated rings. The number of benzene rings is 2. The summed E-state index contributed by atoms with van der Waals surface area (Å²) in [6.45, 7) is 5.07. The fourth-order valence-electron chi connectivity index (χ4n) is 2.31. The van der Waals surface area contributed by atoms with Gasteiger partial charge >= 0.3 is 0 Å². The molecule has 0 unspecified atom stereocenters. The molecule has 0 aliphatic carbocycles. The molecular formula is C20H20OS. The molecule has 0 aliphatic rings. The first-order chi connectivity index (χ1) is 10.7. The van der Waals surface area contributed by atoms with Gasteiger partial charge in [0.15, 0.2) is 0 Å². The second-order valence-corrected chi connectivity index (χ2v) is 6.81. The quantitative estimate of drug-likeness (QED) is 0.552. The van der Waals surface area contributed by atoms with Crippen LogP contribution < -0.4 is 4.74 Å². The van der Waals surface area contributed by atoms with Crippen molar-refractivity contribution in [3.05, 3.63) is 77.2 Å². The number of ether oxygens (including phenoxy) is 1. The minimum atomic E-state index is 0.576. The average molecular weight is 308 g/mol. The second kappa shape index (κ2) is 6.80. The van der Waals surface area contributed by atoms with Crippen LogP contribution in [0, 0.1) is 0 Å². The summed E-state index contributed by atoms with van der Waals surface area (Å²) in [5, 5.41) is 0. The molecule has 0 bridgehead atoms. The van der Waals surface area contributed by atoms with E-state index in [0.29, 0.717) is 12.5 Å². The van der Waals surface area contributed by atoms with E-state index in [4.69, 9.17) is 4.74 Å². The van der Waals surface area contributed by atoms with E-state index in [1.165, 1.54) is 20.9 Å². The average Bonchev–Trinajstić information content (AvgIpc) is 3.03. The maximum absolute atomic E-state index is 5.80. The minimum absolute atomic E-state index is 0.576. The van der Waals surface area contributed by atoms with E-state index >= 15 is 0 Å². The molecule has 0 amide bonds. The van der Waals surface area contributed by atoms with Crippen LogP contribution in [0.15, 0.2) is 66.7 Å². The first kappa shape index (κ1) is 14.9. The Kier molecular flexibility index (Phi) is 4.59. The first-order valence-corrected chi connectivity index (χ1v) is 8.41. The molecule has 0 saturated heterocycles. The lowest BCUT2D eigenvalue weighted by molar-refractivity contribution is 0.310. The van der Waals surface area contributed by atoms with Gasteiger partial charge in [0.1, 0.15) is 12.4 Å². The van der Waals surface area contributed by atoms with Gasteiger partial charge in [0.2, 0.25) is 0 Å². The van der Waals surface area contributed by atoms with Crippen LogP contribution in [0.4, 0.5) is 0 Å². The van der Waals surface area contributed by atoms with Crippen LogP contribution in [0.1, 0.15) is 30.2 Å². The molecule has 1 heterocycles. The van der Waals surface area contributed by atoms with Crippen molar-refractivity contribution in [2.45, 2.75) is 26.4 Å². The third kappa shape index (κ3) is 3.58.